The number of hydrogen-bond acceptors (Lipinski definition) is 2. The van der Waals surface area contributed by atoms with Crippen molar-refractivity contribution in [1.29, 1.82) is 0 Å². The predicted octanol–water partition coefficient (Wildman–Crippen LogP) is 7.61. The maximum Gasteiger partial charge on any atom is 0.330 e. The molecule has 0 rings (SSSR count). The molecule has 0 aromatic rings. The van der Waals surface area contributed by atoms with Crippen LogP contribution in [0.4, 0.5) is 0 Å². The Kier molecular flexibility index (Phi) is 18.9. The van der Waals surface area contributed by atoms with Crippen LogP contribution >= 0.6 is 0 Å². The van der Waals surface area contributed by atoms with Crippen molar-refractivity contribution in [3.8, 4) is 0 Å². The van der Waals surface area contributed by atoms with Gasteiger partial charge >= 0.3 is 5.97 Å². The van der Waals surface area contributed by atoms with E-state index >= 15 is 0 Å². The summed E-state index contributed by atoms with van der Waals surface area (Å²) in [6.07, 6.45) is 23.1. The molecule has 0 fully saturated rings. The largest absolute Gasteiger partial charge is 0.462 e. The maximum atomic E-state index is 11.1. The number of rotatable bonds is 19. The fraction of sp³-hybridized carbons (Fsp3) is 0.870. The van der Waals surface area contributed by atoms with Crippen LogP contribution in [-0.2, 0) is 9.53 Å². The zero-order valence-electron chi connectivity index (χ0n) is 17.2. The lowest BCUT2D eigenvalue weighted by molar-refractivity contribution is -0.139. The second kappa shape index (κ2) is 19.5. The van der Waals surface area contributed by atoms with Gasteiger partial charge in [-0.25, -0.2) is 4.79 Å². The van der Waals surface area contributed by atoms with Gasteiger partial charge in [0.05, 0.1) is 6.61 Å². The summed E-state index contributed by atoms with van der Waals surface area (Å²) >= 11 is 0. The van der Waals surface area contributed by atoms with E-state index in [0.717, 1.165) is 6.42 Å². The number of carbonyl (C=O) groups excluding carboxylic acids is 1. The van der Waals surface area contributed by atoms with E-state index < -0.39 is 0 Å². The first-order valence-corrected chi connectivity index (χ1v) is 11.0. The van der Waals surface area contributed by atoms with Gasteiger partial charge in [0.2, 0.25) is 0 Å². The van der Waals surface area contributed by atoms with E-state index in [1.165, 1.54) is 102 Å². The summed E-state index contributed by atoms with van der Waals surface area (Å²) in [5, 5.41) is 0. The molecule has 0 aliphatic heterocycles. The number of ether oxygens (including phenoxy) is 1. The molecule has 0 saturated carbocycles. The van der Waals surface area contributed by atoms with Crippen molar-refractivity contribution in [3.05, 3.63) is 12.7 Å². The van der Waals surface area contributed by atoms with Gasteiger partial charge in [-0.1, -0.05) is 117 Å². The predicted molar refractivity (Wildman–Crippen MR) is 110 cm³/mol. The van der Waals surface area contributed by atoms with Crippen molar-refractivity contribution < 1.29 is 9.53 Å². The average molecular weight is 353 g/mol. The van der Waals surface area contributed by atoms with Crippen molar-refractivity contribution in [3.63, 3.8) is 0 Å². The number of carbonyl (C=O) groups is 1. The van der Waals surface area contributed by atoms with Crippen molar-refractivity contribution in [2.75, 3.05) is 6.61 Å². The van der Waals surface area contributed by atoms with Gasteiger partial charge in [0.25, 0.3) is 0 Å². The Morgan fingerprint density at radius 1 is 0.800 bits per heavy atom. The fourth-order valence-electron chi connectivity index (χ4n) is 3.29. The zero-order valence-corrected chi connectivity index (χ0v) is 17.2. The third-order valence-electron chi connectivity index (χ3n) is 5.17. The summed E-state index contributed by atoms with van der Waals surface area (Å²) in [6, 6.07) is 0. The minimum atomic E-state index is -0.292. The highest BCUT2D eigenvalue weighted by molar-refractivity contribution is 5.81. The highest BCUT2D eigenvalue weighted by Crippen LogP contribution is 2.17. The molecule has 2 heteroatoms. The first-order valence-electron chi connectivity index (χ1n) is 11.0. The third-order valence-corrected chi connectivity index (χ3v) is 5.17. The molecule has 0 spiro atoms. The Balaban J connectivity index is 3.26. The fourth-order valence-corrected chi connectivity index (χ4v) is 3.29. The Hall–Kier alpha value is -0.790. The molecular formula is C23H44O2. The lowest BCUT2D eigenvalue weighted by Gasteiger charge is -2.14. The van der Waals surface area contributed by atoms with Crippen LogP contribution in [0.15, 0.2) is 12.7 Å². The molecule has 0 aromatic heterocycles. The van der Waals surface area contributed by atoms with Gasteiger partial charge in [0.15, 0.2) is 0 Å². The van der Waals surface area contributed by atoms with Gasteiger partial charge in [0, 0.05) is 6.08 Å². The molecule has 25 heavy (non-hydrogen) atoms. The van der Waals surface area contributed by atoms with Gasteiger partial charge in [0.1, 0.15) is 0 Å². The molecule has 0 aliphatic carbocycles. The molecule has 0 radical (unpaired) electrons. The summed E-state index contributed by atoms with van der Waals surface area (Å²) in [7, 11) is 0. The first-order chi connectivity index (χ1) is 12.2. The molecule has 0 aliphatic rings. The van der Waals surface area contributed by atoms with Crippen molar-refractivity contribution in [2.45, 2.75) is 117 Å². The Labute approximate surface area is 157 Å². The van der Waals surface area contributed by atoms with Gasteiger partial charge in [-0.05, 0) is 12.3 Å². The molecule has 2 nitrogen and oxygen atoms in total. The summed E-state index contributed by atoms with van der Waals surface area (Å²) in [4.78, 5) is 11.1. The Bertz CT molecular complexity index is 298. The highest BCUT2D eigenvalue weighted by Gasteiger charge is 2.08. The van der Waals surface area contributed by atoms with Gasteiger partial charge in [-0.15, -0.1) is 0 Å². The smallest absolute Gasteiger partial charge is 0.330 e. The second-order valence-corrected chi connectivity index (χ2v) is 7.49. The Morgan fingerprint density at radius 3 is 1.64 bits per heavy atom. The molecule has 1 atom stereocenters. The van der Waals surface area contributed by atoms with Gasteiger partial charge in [-0.2, -0.15) is 0 Å². The van der Waals surface area contributed by atoms with E-state index in [1.54, 1.807) is 0 Å². The van der Waals surface area contributed by atoms with Crippen LogP contribution in [-0.4, -0.2) is 12.6 Å². The Morgan fingerprint density at radius 2 is 1.24 bits per heavy atom. The number of unbranched alkanes of at least 4 members (excludes halogenated alkanes) is 13. The standard InChI is InChI=1S/C23H44O2/c1-4-7-8-9-10-11-12-13-14-15-16-17-18-19-20-22(5-2)21-25-23(24)6-3/h6,22H,3-5,7-21H2,1-2H3. The summed E-state index contributed by atoms with van der Waals surface area (Å²) in [5.74, 6) is 0.223. The molecule has 1 unspecified atom stereocenters. The van der Waals surface area contributed by atoms with Crippen LogP contribution in [0.1, 0.15) is 117 Å². The zero-order chi connectivity index (χ0) is 18.6. The van der Waals surface area contributed by atoms with Gasteiger partial charge < -0.3 is 4.74 Å². The van der Waals surface area contributed by atoms with Crippen LogP contribution in [0, 0.1) is 5.92 Å². The first kappa shape index (κ1) is 24.2. The number of hydrogen-bond donors (Lipinski definition) is 0. The maximum absolute atomic E-state index is 11.1. The molecule has 0 heterocycles. The number of esters is 1. The van der Waals surface area contributed by atoms with E-state index in [1.807, 2.05) is 0 Å². The summed E-state index contributed by atoms with van der Waals surface area (Å²) in [6.45, 7) is 8.45. The summed E-state index contributed by atoms with van der Waals surface area (Å²) < 4.78 is 5.16. The molecule has 0 aromatic carbocycles. The van der Waals surface area contributed by atoms with E-state index in [9.17, 15) is 4.79 Å². The second-order valence-electron chi connectivity index (χ2n) is 7.49. The SMILES string of the molecule is C=CC(=O)OCC(CC)CCCCCCCCCCCCCCCC. The molecule has 0 N–H and O–H groups in total. The topological polar surface area (TPSA) is 26.3 Å². The molecule has 0 amide bonds. The normalized spacial score (nSPS) is 12.1. The van der Waals surface area contributed by atoms with Crippen LogP contribution < -0.4 is 0 Å². The van der Waals surface area contributed by atoms with Gasteiger partial charge in [-0.3, -0.25) is 0 Å². The van der Waals surface area contributed by atoms with Crippen molar-refractivity contribution in [2.24, 2.45) is 5.92 Å². The quantitative estimate of drug-likeness (QED) is 0.136. The van der Waals surface area contributed by atoms with E-state index in [4.69, 9.17) is 4.74 Å². The van der Waals surface area contributed by atoms with E-state index in [2.05, 4.69) is 20.4 Å². The lowest BCUT2D eigenvalue weighted by atomic mass is 9.98. The van der Waals surface area contributed by atoms with Crippen LogP contribution in [0.3, 0.4) is 0 Å². The van der Waals surface area contributed by atoms with Crippen molar-refractivity contribution in [1.82, 2.24) is 0 Å². The summed E-state index contributed by atoms with van der Waals surface area (Å²) in [5.41, 5.74) is 0. The minimum Gasteiger partial charge on any atom is -0.462 e. The monoisotopic (exact) mass is 352 g/mol. The minimum absolute atomic E-state index is 0.292. The van der Waals surface area contributed by atoms with Crippen LogP contribution in [0.5, 0.6) is 0 Å². The molecule has 148 valence electrons. The molecular weight excluding hydrogens is 308 g/mol. The van der Waals surface area contributed by atoms with E-state index in [-0.39, 0.29) is 5.97 Å². The highest BCUT2D eigenvalue weighted by atomic mass is 16.5. The molecule has 0 saturated heterocycles. The lowest BCUT2D eigenvalue weighted by Crippen LogP contribution is -2.12. The van der Waals surface area contributed by atoms with E-state index in [0.29, 0.717) is 12.5 Å². The van der Waals surface area contributed by atoms with Crippen LogP contribution in [0.2, 0.25) is 0 Å². The van der Waals surface area contributed by atoms with Crippen molar-refractivity contribution >= 4 is 5.97 Å². The average Bonchev–Trinajstić information content (AvgIpc) is 2.64. The van der Waals surface area contributed by atoms with Crippen LogP contribution in [0.25, 0.3) is 0 Å². The third kappa shape index (κ3) is 17.8. The molecule has 0 bridgehead atoms.